The second kappa shape index (κ2) is 4.39. The first kappa shape index (κ1) is 11.7. The third kappa shape index (κ3) is 1.92. The highest BCUT2D eigenvalue weighted by Gasteiger charge is 2.31. The minimum atomic E-state index is -3.47. The van der Waals surface area contributed by atoms with Gasteiger partial charge in [0, 0.05) is 18.7 Å². The SMILES string of the molecule is O=S1(=O)N=C(N2CCCCCC2)c2ccccc21. The Kier molecular flexibility index (Phi) is 2.86. The van der Waals surface area contributed by atoms with Gasteiger partial charge in [0.05, 0.1) is 0 Å². The molecule has 0 aromatic heterocycles. The average Bonchev–Trinajstić information content (AvgIpc) is 2.58. The van der Waals surface area contributed by atoms with Crippen molar-refractivity contribution in [2.75, 3.05) is 13.1 Å². The number of rotatable bonds is 0. The van der Waals surface area contributed by atoms with E-state index in [1.807, 2.05) is 12.1 Å². The minimum Gasteiger partial charge on any atom is -0.355 e. The van der Waals surface area contributed by atoms with Gasteiger partial charge in [-0.3, -0.25) is 0 Å². The van der Waals surface area contributed by atoms with Crippen LogP contribution in [-0.4, -0.2) is 32.2 Å². The van der Waals surface area contributed by atoms with Crippen LogP contribution in [0.25, 0.3) is 0 Å². The number of likely N-dealkylation sites (tertiary alicyclic amines) is 1. The molecule has 1 saturated heterocycles. The normalized spacial score (nSPS) is 22.2. The van der Waals surface area contributed by atoms with Crippen molar-refractivity contribution in [2.24, 2.45) is 4.40 Å². The molecule has 0 bridgehead atoms. The van der Waals surface area contributed by atoms with Crippen LogP contribution in [0.3, 0.4) is 0 Å². The molecular formula is C13H16N2O2S. The van der Waals surface area contributed by atoms with Gasteiger partial charge in [-0.05, 0) is 25.0 Å². The molecule has 0 amide bonds. The molecule has 0 N–H and O–H groups in total. The summed E-state index contributed by atoms with van der Waals surface area (Å²) in [6, 6.07) is 7.10. The zero-order chi connectivity index (χ0) is 12.6. The fraction of sp³-hybridized carbons (Fsp3) is 0.462. The lowest BCUT2D eigenvalue weighted by Crippen LogP contribution is -2.31. The number of nitrogens with zero attached hydrogens (tertiary/aromatic N) is 2. The predicted octanol–water partition coefficient (Wildman–Crippen LogP) is 2.01. The van der Waals surface area contributed by atoms with E-state index < -0.39 is 10.0 Å². The Morgan fingerprint density at radius 3 is 2.39 bits per heavy atom. The molecule has 1 aromatic rings. The maximum absolute atomic E-state index is 12.0. The summed E-state index contributed by atoms with van der Waals surface area (Å²) >= 11 is 0. The Bertz CT molecular complexity index is 585. The monoisotopic (exact) mass is 264 g/mol. The molecule has 0 atom stereocenters. The highest BCUT2D eigenvalue weighted by molar-refractivity contribution is 7.90. The maximum Gasteiger partial charge on any atom is 0.285 e. The molecule has 3 rings (SSSR count). The maximum atomic E-state index is 12.0. The summed E-state index contributed by atoms with van der Waals surface area (Å²) in [7, 11) is -3.47. The topological polar surface area (TPSA) is 49.7 Å². The fourth-order valence-corrected chi connectivity index (χ4v) is 3.83. The zero-order valence-electron chi connectivity index (χ0n) is 10.2. The molecule has 2 aliphatic rings. The van der Waals surface area contributed by atoms with Crippen molar-refractivity contribution in [3.05, 3.63) is 29.8 Å². The summed E-state index contributed by atoms with van der Waals surface area (Å²) in [6.45, 7) is 1.81. The van der Waals surface area contributed by atoms with Gasteiger partial charge in [-0.2, -0.15) is 8.42 Å². The second-order valence-corrected chi connectivity index (χ2v) is 6.36. The van der Waals surface area contributed by atoms with Crippen LogP contribution >= 0.6 is 0 Å². The van der Waals surface area contributed by atoms with Gasteiger partial charge in [-0.15, -0.1) is 4.40 Å². The highest BCUT2D eigenvalue weighted by Crippen LogP contribution is 2.28. The number of hydrogen-bond acceptors (Lipinski definition) is 3. The Balaban J connectivity index is 2.03. The van der Waals surface area contributed by atoms with E-state index in [0.717, 1.165) is 31.5 Å². The fourth-order valence-electron chi connectivity index (χ4n) is 2.60. The number of fused-ring (bicyclic) bond motifs is 1. The molecule has 1 aromatic carbocycles. The van der Waals surface area contributed by atoms with E-state index in [2.05, 4.69) is 9.30 Å². The summed E-state index contributed by atoms with van der Waals surface area (Å²) in [4.78, 5) is 2.47. The van der Waals surface area contributed by atoms with Gasteiger partial charge in [0.25, 0.3) is 10.0 Å². The smallest absolute Gasteiger partial charge is 0.285 e. The van der Waals surface area contributed by atoms with Crippen molar-refractivity contribution in [3.8, 4) is 0 Å². The van der Waals surface area contributed by atoms with Crippen LogP contribution < -0.4 is 0 Å². The summed E-state index contributed by atoms with van der Waals surface area (Å²) in [5, 5.41) is 0. The number of sulfonamides is 1. The first-order chi connectivity index (χ1) is 8.68. The Hall–Kier alpha value is -1.36. The van der Waals surface area contributed by atoms with E-state index in [1.165, 1.54) is 12.8 Å². The van der Waals surface area contributed by atoms with Crippen LogP contribution in [0.15, 0.2) is 33.6 Å². The van der Waals surface area contributed by atoms with E-state index >= 15 is 0 Å². The molecule has 0 radical (unpaired) electrons. The number of hydrogen-bond donors (Lipinski definition) is 0. The van der Waals surface area contributed by atoms with Crippen LogP contribution in [0.2, 0.25) is 0 Å². The van der Waals surface area contributed by atoms with E-state index in [9.17, 15) is 8.42 Å². The van der Waals surface area contributed by atoms with Crippen LogP contribution in [0.1, 0.15) is 31.2 Å². The van der Waals surface area contributed by atoms with E-state index in [4.69, 9.17) is 0 Å². The predicted molar refractivity (Wildman–Crippen MR) is 70.2 cm³/mol. The molecule has 4 nitrogen and oxygen atoms in total. The Labute approximate surface area is 107 Å². The number of amidine groups is 1. The second-order valence-electron chi connectivity index (χ2n) is 4.79. The third-order valence-electron chi connectivity index (χ3n) is 3.52. The van der Waals surface area contributed by atoms with Crippen molar-refractivity contribution in [1.29, 1.82) is 0 Å². The molecule has 2 aliphatic heterocycles. The standard InChI is InChI=1S/C13H16N2O2S/c16-18(17)12-8-4-3-7-11(12)13(14-18)15-9-5-1-2-6-10-15/h3-4,7-8H,1-2,5-6,9-10H2. The van der Waals surface area contributed by atoms with Crippen LogP contribution in [0.4, 0.5) is 0 Å². The molecule has 96 valence electrons. The molecular weight excluding hydrogens is 248 g/mol. The zero-order valence-corrected chi connectivity index (χ0v) is 11.0. The molecule has 2 heterocycles. The van der Waals surface area contributed by atoms with Crippen LogP contribution in [0, 0.1) is 0 Å². The summed E-state index contributed by atoms with van der Waals surface area (Å²) in [5.74, 6) is 0.646. The van der Waals surface area contributed by atoms with Crippen molar-refractivity contribution in [3.63, 3.8) is 0 Å². The molecule has 0 spiro atoms. The number of benzene rings is 1. The third-order valence-corrected chi connectivity index (χ3v) is 4.84. The lowest BCUT2D eigenvalue weighted by atomic mass is 10.2. The summed E-state index contributed by atoms with van der Waals surface area (Å²) in [5.41, 5.74) is 0.763. The van der Waals surface area contributed by atoms with E-state index in [0.29, 0.717) is 10.7 Å². The summed E-state index contributed by atoms with van der Waals surface area (Å²) < 4.78 is 27.9. The van der Waals surface area contributed by atoms with E-state index in [1.54, 1.807) is 12.1 Å². The van der Waals surface area contributed by atoms with Crippen molar-refractivity contribution in [1.82, 2.24) is 4.90 Å². The molecule has 1 fully saturated rings. The Morgan fingerprint density at radius 2 is 1.67 bits per heavy atom. The lowest BCUT2D eigenvalue weighted by Gasteiger charge is -2.21. The van der Waals surface area contributed by atoms with Crippen molar-refractivity contribution >= 4 is 15.9 Å². The first-order valence-corrected chi connectivity index (χ1v) is 7.82. The van der Waals surface area contributed by atoms with Gasteiger partial charge in [0.15, 0.2) is 5.84 Å². The van der Waals surface area contributed by atoms with Gasteiger partial charge in [0.1, 0.15) is 4.90 Å². The largest absolute Gasteiger partial charge is 0.355 e. The summed E-state index contributed by atoms with van der Waals surface area (Å²) in [6.07, 6.45) is 4.67. The molecule has 0 aliphatic carbocycles. The minimum absolute atomic E-state index is 0.351. The van der Waals surface area contributed by atoms with Gasteiger partial charge in [0.2, 0.25) is 0 Å². The molecule has 18 heavy (non-hydrogen) atoms. The molecule has 5 heteroatoms. The van der Waals surface area contributed by atoms with Gasteiger partial charge in [-0.25, -0.2) is 0 Å². The van der Waals surface area contributed by atoms with Crippen molar-refractivity contribution < 1.29 is 8.42 Å². The quantitative estimate of drug-likeness (QED) is 0.720. The molecule has 0 unspecified atom stereocenters. The highest BCUT2D eigenvalue weighted by atomic mass is 32.2. The van der Waals surface area contributed by atoms with E-state index in [-0.39, 0.29) is 0 Å². The first-order valence-electron chi connectivity index (χ1n) is 6.38. The lowest BCUT2D eigenvalue weighted by molar-refractivity contribution is 0.437. The van der Waals surface area contributed by atoms with Gasteiger partial charge in [-0.1, -0.05) is 25.0 Å². The molecule has 0 saturated carbocycles. The van der Waals surface area contributed by atoms with Crippen LogP contribution in [0.5, 0.6) is 0 Å². The average molecular weight is 264 g/mol. The van der Waals surface area contributed by atoms with Gasteiger partial charge < -0.3 is 4.90 Å². The van der Waals surface area contributed by atoms with Crippen molar-refractivity contribution in [2.45, 2.75) is 30.6 Å². The van der Waals surface area contributed by atoms with Gasteiger partial charge >= 0.3 is 0 Å². The van der Waals surface area contributed by atoms with Crippen LogP contribution in [-0.2, 0) is 10.0 Å². The Morgan fingerprint density at radius 1 is 1.00 bits per heavy atom.